The van der Waals surface area contributed by atoms with Gasteiger partial charge in [-0.2, -0.15) is 0 Å². The van der Waals surface area contributed by atoms with Crippen molar-refractivity contribution < 1.29 is 9.90 Å². The van der Waals surface area contributed by atoms with Gasteiger partial charge in [0.15, 0.2) is 11.6 Å². The molecule has 1 saturated heterocycles. The number of aryl methyl sites for hydroxylation is 1. The number of aliphatic hydroxyl groups is 1. The fraction of sp³-hybridized carbons (Fsp3) is 0.333. The molecule has 1 aliphatic heterocycles. The molecule has 1 aliphatic rings. The fourth-order valence-electron chi connectivity index (χ4n) is 4.46. The fourth-order valence-corrected chi connectivity index (χ4v) is 5.31. The largest absolute Gasteiger partial charge is 0.396 e. The molecule has 5 rings (SSSR count). The molecule has 1 atom stereocenters. The summed E-state index contributed by atoms with van der Waals surface area (Å²) in [7, 11) is 0. The van der Waals surface area contributed by atoms with E-state index >= 15 is 0 Å². The molecule has 0 bridgehead atoms. The zero-order valence-electron chi connectivity index (χ0n) is 20.1. The number of Topliss-reactive ketones (excluding diaryl/α,β-unsaturated/α-hetero) is 1. The molecule has 5 heterocycles. The molecule has 1 fully saturated rings. The minimum Gasteiger partial charge on any atom is -0.396 e. The maximum absolute atomic E-state index is 12.9. The Morgan fingerprint density at radius 1 is 1.08 bits per heavy atom. The van der Waals surface area contributed by atoms with Crippen molar-refractivity contribution in [2.24, 2.45) is 5.41 Å². The summed E-state index contributed by atoms with van der Waals surface area (Å²) in [6, 6.07) is 11.5. The van der Waals surface area contributed by atoms with Crippen LogP contribution in [0.2, 0.25) is 0 Å². The van der Waals surface area contributed by atoms with Gasteiger partial charge in [-0.15, -0.1) is 11.3 Å². The number of nitrogens with zero attached hydrogens (tertiary/aromatic N) is 5. The van der Waals surface area contributed by atoms with Gasteiger partial charge in [-0.25, -0.2) is 24.9 Å². The molecule has 0 spiro atoms. The van der Waals surface area contributed by atoms with Crippen LogP contribution in [-0.2, 0) is 12.8 Å². The van der Waals surface area contributed by atoms with Crippen LogP contribution in [0.3, 0.4) is 0 Å². The van der Waals surface area contributed by atoms with Gasteiger partial charge in [-0.05, 0) is 61.2 Å². The van der Waals surface area contributed by atoms with Gasteiger partial charge in [0.25, 0.3) is 0 Å². The topological polar surface area (TPSA) is 114 Å². The third-order valence-electron chi connectivity index (χ3n) is 6.45. The first-order valence-corrected chi connectivity index (χ1v) is 12.9. The van der Waals surface area contributed by atoms with Crippen LogP contribution in [0.4, 0.5) is 0 Å². The first-order valence-electron chi connectivity index (χ1n) is 12.0. The maximum atomic E-state index is 12.9. The second-order valence-electron chi connectivity index (χ2n) is 9.36. The highest BCUT2D eigenvalue weighted by atomic mass is 32.1. The van der Waals surface area contributed by atoms with E-state index in [9.17, 15) is 9.90 Å². The third-order valence-corrected chi connectivity index (χ3v) is 7.47. The van der Waals surface area contributed by atoms with Crippen LogP contribution in [0.15, 0.2) is 54.2 Å². The SMILES string of the molecule is Cc1cccc(-c2nccc(Cc3ccnc(Cc4csc(C(=O)CC5(CO)CCNC5)c4)n3)n2)n1. The van der Waals surface area contributed by atoms with Gasteiger partial charge in [-0.1, -0.05) is 6.07 Å². The number of carbonyl (C=O) groups is 1. The number of ketones is 1. The number of carbonyl (C=O) groups excluding carboxylic acids is 1. The molecule has 2 N–H and O–H groups in total. The Hall–Kier alpha value is -3.40. The van der Waals surface area contributed by atoms with Crippen LogP contribution in [0.25, 0.3) is 11.5 Å². The van der Waals surface area contributed by atoms with E-state index < -0.39 is 0 Å². The van der Waals surface area contributed by atoms with E-state index in [0.717, 1.165) is 46.2 Å². The third kappa shape index (κ3) is 5.70. The first kappa shape index (κ1) is 24.3. The molecular formula is C27H28N6O2S. The lowest BCUT2D eigenvalue weighted by molar-refractivity contribution is 0.0828. The van der Waals surface area contributed by atoms with Gasteiger partial charge in [0, 0.05) is 49.3 Å². The summed E-state index contributed by atoms with van der Waals surface area (Å²) in [5.74, 6) is 1.38. The van der Waals surface area contributed by atoms with Gasteiger partial charge in [0.2, 0.25) is 0 Å². The summed E-state index contributed by atoms with van der Waals surface area (Å²) < 4.78 is 0. The van der Waals surface area contributed by atoms with Crippen molar-refractivity contribution in [3.63, 3.8) is 0 Å². The Morgan fingerprint density at radius 2 is 1.92 bits per heavy atom. The highest BCUT2D eigenvalue weighted by Crippen LogP contribution is 2.32. The molecule has 4 aromatic rings. The van der Waals surface area contributed by atoms with Crippen molar-refractivity contribution in [1.82, 2.24) is 30.2 Å². The number of pyridine rings is 1. The summed E-state index contributed by atoms with van der Waals surface area (Å²) in [6.45, 7) is 3.50. The Kier molecular flexibility index (Phi) is 7.22. The maximum Gasteiger partial charge on any atom is 0.178 e. The molecule has 0 aromatic carbocycles. The van der Waals surface area contributed by atoms with E-state index in [4.69, 9.17) is 4.98 Å². The molecule has 0 radical (unpaired) electrons. The highest BCUT2D eigenvalue weighted by molar-refractivity contribution is 7.12. The molecule has 4 aromatic heterocycles. The van der Waals surface area contributed by atoms with Crippen LogP contribution in [0, 0.1) is 12.3 Å². The second kappa shape index (κ2) is 10.7. The van der Waals surface area contributed by atoms with Gasteiger partial charge in [0.1, 0.15) is 11.5 Å². The summed E-state index contributed by atoms with van der Waals surface area (Å²) >= 11 is 1.45. The number of rotatable bonds is 9. The number of nitrogens with one attached hydrogen (secondary N) is 1. The van der Waals surface area contributed by atoms with Crippen LogP contribution >= 0.6 is 11.3 Å². The minimum atomic E-state index is -0.338. The van der Waals surface area contributed by atoms with Crippen molar-refractivity contribution in [1.29, 1.82) is 0 Å². The zero-order chi connectivity index (χ0) is 25.0. The molecular weight excluding hydrogens is 472 g/mol. The number of aliphatic hydroxyl groups excluding tert-OH is 1. The summed E-state index contributed by atoms with van der Waals surface area (Å²) in [5, 5.41) is 15.1. The predicted octanol–water partition coefficient (Wildman–Crippen LogP) is 3.42. The minimum absolute atomic E-state index is 0.0277. The Balaban J connectivity index is 1.25. The van der Waals surface area contributed by atoms with Crippen molar-refractivity contribution in [3.05, 3.63) is 87.5 Å². The number of hydrogen-bond acceptors (Lipinski definition) is 9. The van der Waals surface area contributed by atoms with Crippen molar-refractivity contribution in [2.45, 2.75) is 32.6 Å². The smallest absolute Gasteiger partial charge is 0.178 e. The monoisotopic (exact) mass is 500 g/mol. The summed E-state index contributed by atoms with van der Waals surface area (Å²) in [4.78, 5) is 36.3. The predicted molar refractivity (Wildman–Crippen MR) is 138 cm³/mol. The van der Waals surface area contributed by atoms with E-state index in [-0.39, 0.29) is 17.8 Å². The van der Waals surface area contributed by atoms with Crippen LogP contribution in [0.5, 0.6) is 0 Å². The van der Waals surface area contributed by atoms with Gasteiger partial charge in [-0.3, -0.25) is 4.79 Å². The van der Waals surface area contributed by atoms with Crippen LogP contribution in [0.1, 0.15) is 51.0 Å². The lowest BCUT2D eigenvalue weighted by Gasteiger charge is -2.24. The molecule has 0 saturated carbocycles. The summed E-state index contributed by atoms with van der Waals surface area (Å²) in [5.41, 5.74) is 4.07. The lowest BCUT2D eigenvalue weighted by atomic mass is 9.82. The normalized spacial score (nSPS) is 17.4. The second-order valence-corrected chi connectivity index (χ2v) is 10.3. The van der Waals surface area contributed by atoms with E-state index in [1.54, 1.807) is 12.4 Å². The molecule has 0 amide bonds. The van der Waals surface area contributed by atoms with E-state index in [0.29, 0.717) is 37.5 Å². The van der Waals surface area contributed by atoms with E-state index in [2.05, 4.69) is 25.3 Å². The van der Waals surface area contributed by atoms with E-state index in [1.807, 2.05) is 48.7 Å². The number of aromatic nitrogens is 5. The average molecular weight is 501 g/mol. The Labute approximate surface area is 213 Å². The van der Waals surface area contributed by atoms with Crippen molar-refractivity contribution >= 4 is 17.1 Å². The number of thiophene rings is 1. The lowest BCUT2D eigenvalue weighted by Crippen LogP contribution is -2.30. The van der Waals surface area contributed by atoms with Gasteiger partial charge in [0.05, 0.1) is 22.9 Å². The van der Waals surface area contributed by atoms with E-state index in [1.165, 1.54) is 11.3 Å². The zero-order valence-corrected chi connectivity index (χ0v) is 21.0. The van der Waals surface area contributed by atoms with Crippen LogP contribution in [-0.4, -0.2) is 55.5 Å². The number of hydrogen-bond donors (Lipinski definition) is 2. The molecule has 9 heteroatoms. The molecule has 0 aliphatic carbocycles. The highest BCUT2D eigenvalue weighted by Gasteiger charge is 2.35. The van der Waals surface area contributed by atoms with Crippen LogP contribution < -0.4 is 5.32 Å². The molecule has 36 heavy (non-hydrogen) atoms. The Bertz CT molecular complexity index is 1370. The molecule has 184 valence electrons. The quantitative estimate of drug-likeness (QED) is 0.336. The average Bonchev–Trinajstić information content (AvgIpc) is 3.55. The van der Waals surface area contributed by atoms with Crippen molar-refractivity contribution in [3.8, 4) is 11.5 Å². The van der Waals surface area contributed by atoms with Gasteiger partial charge >= 0.3 is 0 Å². The van der Waals surface area contributed by atoms with Crippen molar-refractivity contribution in [2.75, 3.05) is 19.7 Å². The first-order chi connectivity index (χ1) is 17.5. The molecule has 8 nitrogen and oxygen atoms in total. The summed E-state index contributed by atoms with van der Waals surface area (Å²) in [6.07, 6.45) is 5.80. The molecule has 1 unspecified atom stereocenters. The van der Waals surface area contributed by atoms with Gasteiger partial charge < -0.3 is 10.4 Å². The Morgan fingerprint density at radius 3 is 2.69 bits per heavy atom. The standard InChI is InChI=1S/C27H28N6O2S/c1-18-3-2-4-22(31-18)26-30-9-6-21(33-26)13-20-5-8-29-25(32-20)12-19-11-24(36-15-19)23(35)14-27(17-34)7-10-28-16-27/h2-6,8-9,11,15,28,34H,7,10,12-14,16-17H2,1H3.